The maximum atomic E-state index is 6.09. The van der Waals surface area contributed by atoms with Crippen molar-refractivity contribution in [2.45, 2.75) is 13.8 Å². The summed E-state index contributed by atoms with van der Waals surface area (Å²) < 4.78 is 1.89. The van der Waals surface area contributed by atoms with E-state index in [0.717, 1.165) is 28.1 Å². The van der Waals surface area contributed by atoms with Gasteiger partial charge >= 0.3 is 0 Å². The molecule has 0 saturated heterocycles. The molecule has 106 valence electrons. The quantitative estimate of drug-likeness (QED) is 0.613. The second-order valence-electron chi connectivity index (χ2n) is 5.03. The van der Waals surface area contributed by atoms with Crippen LogP contribution in [0.1, 0.15) is 11.3 Å². The average molecular weight is 317 g/mol. The SMILES string of the molecule is Cc1ccn(-c2ccc(-c3ccc(Cl)c(Cl)c3)cc2C)n1. The van der Waals surface area contributed by atoms with E-state index in [9.17, 15) is 0 Å². The van der Waals surface area contributed by atoms with Crippen LogP contribution in [0, 0.1) is 13.8 Å². The molecule has 1 heterocycles. The Balaban J connectivity index is 2.03. The molecular weight excluding hydrogens is 303 g/mol. The summed E-state index contributed by atoms with van der Waals surface area (Å²) in [5.41, 5.74) is 5.39. The number of nitrogens with zero attached hydrogens (tertiary/aromatic N) is 2. The van der Waals surface area contributed by atoms with Gasteiger partial charge in [-0.3, -0.25) is 0 Å². The Hall–Kier alpha value is -1.77. The first kappa shape index (κ1) is 14.2. The van der Waals surface area contributed by atoms with Crippen LogP contribution in [0.5, 0.6) is 0 Å². The monoisotopic (exact) mass is 316 g/mol. The van der Waals surface area contributed by atoms with E-state index >= 15 is 0 Å². The number of hydrogen-bond acceptors (Lipinski definition) is 1. The lowest BCUT2D eigenvalue weighted by molar-refractivity contribution is 0.856. The van der Waals surface area contributed by atoms with Gasteiger partial charge in [0.25, 0.3) is 0 Å². The maximum Gasteiger partial charge on any atom is 0.0675 e. The highest BCUT2D eigenvalue weighted by atomic mass is 35.5. The number of rotatable bonds is 2. The molecule has 0 saturated carbocycles. The molecule has 0 fully saturated rings. The van der Waals surface area contributed by atoms with Gasteiger partial charge < -0.3 is 0 Å². The van der Waals surface area contributed by atoms with E-state index in [2.05, 4.69) is 30.2 Å². The highest BCUT2D eigenvalue weighted by Crippen LogP contribution is 2.30. The minimum atomic E-state index is 0.568. The summed E-state index contributed by atoms with van der Waals surface area (Å²) in [4.78, 5) is 0. The third kappa shape index (κ3) is 2.82. The predicted molar refractivity (Wildman–Crippen MR) is 88.5 cm³/mol. The molecule has 0 N–H and O–H groups in total. The van der Waals surface area contributed by atoms with Gasteiger partial charge in [0.1, 0.15) is 0 Å². The van der Waals surface area contributed by atoms with Crippen LogP contribution in [0.2, 0.25) is 10.0 Å². The van der Waals surface area contributed by atoms with E-state index in [1.807, 2.05) is 42.1 Å². The largest absolute Gasteiger partial charge is 0.240 e. The van der Waals surface area contributed by atoms with Crippen LogP contribution < -0.4 is 0 Å². The molecule has 4 heteroatoms. The van der Waals surface area contributed by atoms with Crippen molar-refractivity contribution < 1.29 is 0 Å². The summed E-state index contributed by atoms with van der Waals surface area (Å²) in [6.07, 6.45) is 1.97. The first-order chi connectivity index (χ1) is 10.0. The summed E-state index contributed by atoms with van der Waals surface area (Å²) in [5, 5.41) is 5.59. The van der Waals surface area contributed by atoms with Gasteiger partial charge in [-0.1, -0.05) is 35.3 Å². The Kier molecular flexibility index (Phi) is 3.75. The fourth-order valence-electron chi connectivity index (χ4n) is 2.32. The smallest absolute Gasteiger partial charge is 0.0675 e. The van der Waals surface area contributed by atoms with Crippen molar-refractivity contribution in [2.75, 3.05) is 0 Å². The zero-order valence-corrected chi connectivity index (χ0v) is 13.3. The van der Waals surface area contributed by atoms with Crippen LogP contribution in [0.3, 0.4) is 0 Å². The normalized spacial score (nSPS) is 10.9. The second kappa shape index (κ2) is 5.55. The highest BCUT2D eigenvalue weighted by molar-refractivity contribution is 6.42. The van der Waals surface area contributed by atoms with Crippen molar-refractivity contribution in [1.29, 1.82) is 0 Å². The first-order valence-electron chi connectivity index (χ1n) is 6.63. The highest BCUT2D eigenvalue weighted by Gasteiger charge is 2.06. The molecular formula is C17H14Cl2N2. The summed E-state index contributed by atoms with van der Waals surface area (Å²) in [6, 6.07) is 13.9. The summed E-state index contributed by atoms with van der Waals surface area (Å²) in [5.74, 6) is 0. The molecule has 1 aromatic heterocycles. The van der Waals surface area contributed by atoms with Gasteiger partial charge in [0.05, 0.1) is 21.4 Å². The van der Waals surface area contributed by atoms with Crippen molar-refractivity contribution in [3.05, 3.63) is 70.0 Å². The lowest BCUT2D eigenvalue weighted by atomic mass is 10.0. The van der Waals surface area contributed by atoms with Gasteiger partial charge in [-0.25, -0.2) is 4.68 Å². The first-order valence-corrected chi connectivity index (χ1v) is 7.39. The summed E-state index contributed by atoms with van der Waals surface area (Å²) in [7, 11) is 0. The predicted octanol–water partition coefficient (Wildman–Crippen LogP) is 5.46. The third-order valence-electron chi connectivity index (χ3n) is 3.42. The molecule has 2 aromatic carbocycles. The summed E-state index contributed by atoms with van der Waals surface area (Å²) in [6.45, 7) is 4.06. The maximum absolute atomic E-state index is 6.09. The molecule has 0 bridgehead atoms. The second-order valence-corrected chi connectivity index (χ2v) is 5.85. The van der Waals surface area contributed by atoms with Crippen LogP contribution in [-0.2, 0) is 0 Å². The Labute approximate surface area is 133 Å². The van der Waals surface area contributed by atoms with Gasteiger partial charge in [-0.2, -0.15) is 5.10 Å². The van der Waals surface area contributed by atoms with E-state index in [1.165, 1.54) is 0 Å². The fourth-order valence-corrected chi connectivity index (χ4v) is 2.62. The minimum absolute atomic E-state index is 0.568. The van der Waals surface area contributed by atoms with Gasteiger partial charge in [-0.05, 0) is 60.9 Å². The average Bonchev–Trinajstić information content (AvgIpc) is 2.88. The molecule has 0 amide bonds. The molecule has 0 unspecified atom stereocenters. The number of halogens is 2. The lowest BCUT2D eigenvalue weighted by Crippen LogP contribution is -1.98. The molecule has 0 aliphatic heterocycles. The van der Waals surface area contributed by atoms with Crippen molar-refractivity contribution in [3.8, 4) is 16.8 Å². The van der Waals surface area contributed by atoms with Crippen LogP contribution >= 0.6 is 23.2 Å². The Morgan fingerprint density at radius 3 is 2.19 bits per heavy atom. The van der Waals surface area contributed by atoms with Crippen LogP contribution in [0.15, 0.2) is 48.7 Å². The van der Waals surface area contributed by atoms with E-state index in [0.29, 0.717) is 10.0 Å². The van der Waals surface area contributed by atoms with E-state index in [1.54, 1.807) is 0 Å². The molecule has 0 spiro atoms. The molecule has 0 radical (unpaired) electrons. The van der Waals surface area contributed by atoms with Gasteiger partial charge in [0.15, 0.2) is 0 Å². The van der Waals surface area contributed by atoms with Crippen molar-refractivity contribution in [1.82, 2.24) is 9.78 Å². The van der Waals surface area contributed by atoms with Gasteiger partial charge in [0.2, 0.25) is 0 Å². The molecule has 0 aliphatic rings. The van der Waals surface area contributed by atoms with Crippen molar-refractivity contribution in [2.24, 2.45) is 0 Å². The van der Waals surface area contributed by atoms with Gasteiger partial charge in [-0.15, -0.1) is 0 Å². The third-order valence-corrected chi connectivity index (χ3v) is 4.16. The van der Waals surface area contributed by atoms with E-state index in [-0.39, 0.29) is 0 Å². The number of hydrogen-bond donors (Lipinski definition) is 0. The Bertz CT molecular complexity index is 806. The van der Waals surface area contributed by atoms with E-state index < -0.39 is 0 Å². The zero-order valence-electron chi connectivity index (χ0n) is 11.8. The lowest BCUT2D eigenvalue weighted by Gasteiger charge is -2.09. The fraction of sp³-hybridized carbons (Fsp3) is 0.118. The molecule has 0 atom stereocenters. The molecule has 0 aliphatic carbocycles. The molecule has 2 nitrogen and oxygen atoms in total. The Morgan fingerprint density at radius 1 is 0.857 bits per heavy atom. The van der Waals surface area contributed by atoms with Crippen molar-refractivity contribution >= 4 is 23.2 Å². The van der Waals surface area contributed by atoms with Crippen LogP contribution in [0.25, 0.3) is 16.8 Å². The van der Waals surface area contributed by atoms with Crippen molar-refractivity contribution in [3.63, 3.8) is 0 Å². The zero-order chi connectivity index (χ0) is 15.0. The minimum Gasteiger partial charge on any atom is -0.240 e. The summed E-state index contributed by atoms with van der Waals surface area (Å²) >= 11 is 12.1. The molecule has 3 aromatic rings. The number of aromatic nitrogens is 2. The number of benzene rings is 2. The number of aryl methyl sites for hydroxylation is 2. The van der Waals surface area contributed by atoms with Crippen LogP contribution in [0.4, 0.5) is 0 Å². The van der Waals surface area contributed by atoms with Crippen LogP contribution in [-0.4, -0.2) is 9.78 Å². The van der Waals surface area contributed by atoms with E-state index in [4.69, 9.17) is 23.2 Å². The van der Waals surface area contributed by atoms with Gasteiger partial charge in [0, 0.05) is 6.20 Å². The molecule has 21 heavy (non-hydrogen) atoms. The Morgan fingerprint density at radius 2 is 1.57 bits per heavy atom. The topological polar surface area (TPSA) is 17.8 Å². The molecule has 3 rings (SSSR count). The standard InChI is InChI=1S/C17H14Cl2N2/c1-11-9-13(14-3-5-15(18)16(19)10-14)4-6-17(11)21-8-7-12(2)20-21/h3-10H,1-2H3.